The number of nitro benzene ring substituents is 1. The highest BCUT2D eigenvalue weighted by Gasteiger charge is 2.24. The molecule has 0 unspecified atom stereocenters. The molecule has 1 amide bonds. The summed E-state index contributed by atoms with van der Waals surface area (Å²) in [5.41, 5.74) is 0.289. The molecule has 178 valence electrons. The van der Waals surface area contributed by atoms with E-state index < -0.39 is 10.8 Å². The number of hydrogen-bond acceptors (Lipinski definition) is 7. The van der Waals surface area contributed by atoms with Crippen molar-refractivity contribution in [2.75, 3.05) is 26.2 Å². The number of rotatable bonds is 8. The van der Waals surface area contributed by atoms with Crippen molar-refractivity contribution in [1.82, 2.24) is 10.2 Å². The lowest BCUT2D eigenvalue weighted by Gasteiger charge is -2.32. The van der Waals surface area contributed by atoms with Crippen LogP contribution in [0.5, 0.6) is 5.75 Å². The molecule has 3 aromatic rings. The van der Waals surface area contributed by atoms with Crippen LogP contribution in [-0.2, 0) is 0 Å². The molecule has 2 aromatic carbocycles. The number of nitrogens with zero attached hydrogens (tertiary/aromatic N) is 2. The van der Waals surface area contributed by atoms with Crippen LogP contribution < -0.4 is 15.5 Å². The first kappa shape index (κ1) is 23.4. The van der Waals surface area contributed by atoms with Crippen LogP contribution in [0.1, 0.15) is 35.4 Å². The predicted molar refractivity (Wildman–Crippen MR) is 127 cm³/mol. The molecular weight excluding hydrogens is 438 g/mol. The van der Waals surface area contributed by atoms with Crippen molar-refractivity contribution in [1.29, 1.82) is 0 Å². The zero-order valence-electron chi connectivity index (χ0n) is 19.0. The third kappa shape index (κ3) is 5.26. The van der Waals surface area contributed by atoms with Gasteiger partial charge in [-0.2, -0.15) is 0 Å². The molecule has 1 saturated heterocycles. The van der Waals surface area contributed by atoms with Crippen LogP contribution >= 0.6 is 0 Å². The second-order valence-electron chi connectivity index (χ2n) is 8.38. The number of likely N-dealkylation sites (tertiary alicyclic amines) is 1. The summed E-state index contributed by atoms with van der Waals surface area (Å²) in [6.07, 6.45) is 2.28. The van der Waals surface area contributed by atoms with E-state index >= 15 is 0 Å². The Labute approximate surface area is 196 Å². The Morgan fingerprint density at radius 3 is 2.65 bits per heavy atom. The molecule has 2 heterocycles. The van der Waals surface area contributed by atoms with Gasteiger partial charge in [-0.15, -0.1) is 0 Å². The highest BCUT2D eigenvalue weighted by atomic mass is 16.6. The van der Waals surface area contributed by atoms with Crippen molar-refractivity contribution < 1.29 is 18.9 Å². The van der Waals surface area contributed by atoms with E-state index in [1.807, 2.05) is 6.07 Å². The monoisotopic (exact) mass is 465 g/mol. The van der Waals surface area contributed by atoms with Crippen molar-refractivity contribution in [3.05, 3.63) is 80.2 Å². The van der Waals surface area contributed by atoms with Gasteiger partial charge in [-0.05, 0) is 44.4 Å². The third-order valence-electron chi connectivity index (χ3n) is 6.05. The minimum atomic E-state index is -0.539. The maximum atomic E-state index is 12.7. The van der Waals surface area contributed by atoms with E-state index in [2.05, 4.69) is 10.2 Å². The summed E-state index contributed by atoms with van der Waals surface area (Å²) in [6, 6.07) is 13.1. The Morgan fingerprint density at radius 1 is 1.18 bits per heavy atom. The fraction of sp³-hybridized carbons (Fsp3) is 0.360. The second-order valence-corrected chi connectivity index (χ2v) is 8.38. The molecule has 1 aliphatic heterocycles. The summed E-state index contributed by atoms with van der Waals surface area (Å²) < 4.78 is 11.5. The Balaban J connectivity index is 1.23. The molecular formula is C25H27N3O6. The van der Waals surface area contributed by atoms with Crippen molar-refractivity contribution >= 4 is 22.6 Å². The fourth-order valence-corrected chi connectivity index (χ4v) is 4.26. The zero-order chi connectivity index (χ0) is 24.1. The fourth-order valence-electron chi connectivity index (χ4n) is 4.26. The molecule has 0 atom stereocenters. The Hall–Kier alpha value is -3.72. The number of ether oxygens (including phenoxy) is 1. The first-order valence-corrected chi connectivity index (χ1v) is 11.4. The molecule has 34 heavy (non-hydrogen) atoms. The lowest BCUT2D eigenvalue weighted by Crippen LogP contribution is -2.45. The third-order valence-corrected chi connectivity index (χ3v) is 6.05. The zero-order valence-corrected chi connectivity index (χ0v) is 19.0. The van der Waals surface area contributed by atoms with E-state index in [1.54, 1.807) is 37.3 Å². The maximum absolute atomic E-state index is 12.7. The van der Waals surface area contributed by atoms with Crippen LogP contribution in [0.25, 0.3) is 11.0 Å². The number of nitrogens with one attached hydrogen (secondary N) is 1. The number of carbonyl (C=O) groups is 1. The smallest absolute Gasteiger partial charge is 0.282 e. The first-order valence-electron chi connectivity index (χ1n) is 11.4. The Morgan fingerprint density at radius 2 is 1.88 bits per heavy atom. The molecule has 9 heteroatoms. The minimum absolute atomic E-state index is 0.0234. The van der Waals surface area contributed by atoms with Crippen LogP contribution in [0.3, 0.4) is 0 Å². The van der Waals surface area contributed by atoms with Gasteiger partial charge in [0.25, 0.3) is 11.6 Å². The number of para-hydroxylation sites is 2. The minimum Gasteiger partial charge on any atom is -0.486 e. The molecule has 0 aliphatic carbocycles. The Kier molecular flexibility index (Phi) is 7.22. The summed E-state index contributed by atoms with van der Waals surface area (Å²) in [5, 5.41) is 14.6. The van der Waals surface area contributed by atoms with Crippen LogP contribution in [0.4, 0.5) is 5.69 Å². The SMILES string of the molecule is Cc1oc2ccccc2c(=O)c1OCCCN1CCC(NC(=O)c2ccccc2[N+](=O)[O-])CC1. The Bertz CT molecular complexity index is 1250. The summed E-state index contributed by atoms with van der Waals surface area (Å²) in [5.74, 6) is 0.317. The highest BCUT2D eigenvalue weighted by molar-refractivity contribution is 5.98. The average molecular weight is 466 g/mol. The molecule has 1 aromatic heterocycles. The van der Waals surface area contributed by atoms with Crippen LogP contribution in [0, 0.1) is 17.0 Å². The van der Waals surface area contributed by atoms with Gasteiger partial charge >= 0.3 is 0 Å². The van der Waals surface area contributed by atoms with Crippen molar-refractivity contribution in [2.24, 2.45) is 0 Å². The summed E-state index contributed by atoms with van der Waals surface area (Å²) in [6.45, 7) is 4.55. The number of amides is 1. The van der Waals surface area contributed by atoms with Gasteiger partial charge in [0, 0.05) is 31.7 Å². The largest absolute Gasteiger partial charge is 0.486 e. The molecule has 0 radical (unpaired) electrons. The number of piperidine rings is 1. The predicted octanol–water partition coefficient (Wildman–Crippen LogP) is 3.67. The van der Waals surface area contributed by atoms with Crippen molar-refractivity contribution in [2.45, 2.75) is 32.2 Å². The van der Waals surface area contributed by atoms with Crippen molar-refractivity contribution in [3.8, 4) is 5.75 Å². The number of fused-ring (bicyclic) bond motifs is 1. The van der Waals surface area contributed by atoms with Crippen LogP contribution in [-0.4, -0.2) is 48.0 Å². The number of hydrogen-bond donors (Lipinski definition) is 1. The maximum Gasteiger partial charge on any atom is 0.282 e. The lowest BCUT2D eigenvalue weighted by molar-refractivity contribution is -0.385. The van der Waals surface area contributed by atoms with Gasteiger partial charge in [-0.25, -0.2) is 0 Å². The van der Waals surface area contributed by atoms with Gasteiger partial charge in [0.05, 0.1) is 16.9 Å². The molecule has 1 aliphatic rings. The average Bonchev–Trinajstić information content (AvgIpc) is 2.84. The molecule has 0 spiro atoms. The van der Waals surface area contributed by atoms with E-state index in [1.165, 1.54) is 12.1 Å². The first-order chi connectivity index (χ1) is 16.4. The van der Waals surface area contributed by atoms with Gasteiger partial charge in [-0.3, -0.25) is 19.7 Å². The van der Waals surface area contributed by atoms with Gasteiger partial charge in [0.2, 0.25) is 11.2 Å². The summed E-state index contributed by atoms with van der Waals surface area (Å²) in [4.78, 5) is 38.1. The molecule has 0 saturated carbocycles. The van der Waals surface area contributed by atoms with Crippen molar-refractivity contribution in [3.63, 3.8) is 0 Å². The normalized spacial score (nSPS) is 14.7. The van der Waals surface area contributed by atoms with E-state index in [0.29, 0.717) is 23.3 Å². The molecule has 4 rings (SSSR count). The molecule has 1 N–H and O–H groups in total. The number of nitro groups is 1. The van der Waals surface area contributed by atoms with E-state index in [4.69, 9.17) is 9.15 Å². The highest BCUT2D eigenvalue weighted by Crippen LogP contribution is 2.21. The van der Waals surface area contributed by atoms with Gasteiger partial charge in [0.15, 0.2) is 0 Å². The topological polar surface area (TPSA) is 115 Å². The molecule has 0 bridgehead atoms. The van der Waals surface area contributed by atoms with Gasteiger partial charge in [-0.1, -0.05) is 24.3 Å². The molecule has 1 fully saturated rings. The van der Waals surface area contributed by atoms with E-state index in [-0.39, 0.29) is 28.5 Å². The standard InChI is InChI=1S/C25H27N3O6/c1-17-24(23(29)20-8-3-5-10-22(20)34-17)33-16-6-13-27-14-11-18(12-15-27)26-25(30)19-7-2-4-9-21(19)28(31)32/h2-5,7-10,18H,6,11-16H2,1H3,(H,26,30). The second kappa shape index (κ2) is 10.5. The van der Waals surface area contributed by atoms with Gasteiger partial charge in [0.1, 0.15) is 16.9 Å². The van der Waals surface area contributed by atoms with E-state index in [9.17, 15) is 19.7 Å². The summed E-state index contributed by atoms with van der Waals surface area (Å²) in [7, 11) is 0. The summed E-state index contributed by atoms with van der Waals surface area (Å²) >= 11 is 0. The quantitative estimate of drug-likeness (QED) is 0.307. The molecule has 9 nitrogen and oxygen atoms in total. The number of benzene rings is 2. The number of aryl methyl sites for hydroxylation is 1. The van der Waals surface area contributed by atoms with E-state index in [0.717, 1.165) is 38.9 Å². The van der Waals surface area contributed by atoms with Gasteiger partial charge < -0.3 is 19.4 Å². The number of carbonyl (C=O) groups excluding carboxylic acids is 1. The van der Waals surface area contributed by atoms with Crippen LogP contribution in [0.2, 0.25) is 0 Å². The lowest BCUT2D eigenvalue weighted by atomic mass is 10.0. The van der Waals surface area contributed by atoms with Crippen LogP contribution in [0.15, 0.2) is 57.7 Å².